The standard InChI is InChI=1S/C27H32N2O6/c1-17(2)29(14-26(31)32)25(30)13-18-15-34-12-11-24(18)28-27(33)35-16-23-21-9-5-3-7-19(21)20-8-4-6-10-22(20)23/h3-10,17-18,23-24H,11-16H2,1-2H3,(H,28,33)(H,31,32). The largest absolute Gasteiger partial charge is 0.480 e. The Kier molecular flexibility index (Phi) is 7.70. The van der Waals surface area contributed by atoms with E-state index in [2.05, 4.69) is 29.6 Å². The summed E-state index contributed by atoms with van der Waals surface area (Å²) in [6, 6.07) is 15.8. The summed E-state index contributed by atoms with van der Waals surface area (Å²) in [6.45, 7) is 4.22. The Bertz CT molecular complexity index is 1040. The van der Waals surface area contributed by atoms with Gasteiger partial charge in [0.15, 0.2) is 0 Å². The Morgan fingerprint density at radius 2 is 1.71 bits per heavy atom. The molecule has 2 aliphatic rings. The molecule has 1 fully saturated rings. The number of nitrogens with zero attached hydrogens (tertiary/aromatic N) is 1. The van der Waals surface area contributed by atoms with Crippen molar-refractivity contribution in [3.05, 3.63) is 59.7 Å². The number of carboxylic acid groups (broad SMARTS) is 1. The Balaban J connectivity index is 1.37. The van der Waals surface area contributed by atoms with Gasteiger partial charge in [0.1, 0.15) is 13.2 Å². The van der Waals surface area contributed by atoms with Crippen molar-refractivity contribution in [3.8, 4) is 11.1 Å². The fraction of sp³-hybridized carbons (Fsp3) is 0.444. The summed E-state index contributed by atoms with van der Waals surface area (Å²) >= 11 is 0. The number of alkyl carbamates (subject to hydrolysis) is 1. The molecule has 35 heavy (non-hydrogen) atoms. The van der Waals surface area contributed by atoms with E-state index in [0.717, 1.165) is 22.3 Å². The molecule has 1 saturated heterocycles. The molecule has 0 aromatic heterocycles. The molecule has 1 aliphatic carbocycles. The molecule has 2 unspecified atom stereocenters. The van der Waals surface area contributed by atoms with Gasteiger partial charge >= 0.3 is 12.1 Å². The molecule has 0 bridgehead atoms. The lowest BCUT2D eigenvalue weighted by molar-refractivity contribution is -0.146. The molecule has 1 heterocycles. The van der Waals surface area contributed by atoms with E-state index in [1.54, 1.807) is 13.8 Å². The first-order valence-corrected chi connectivity index (χ1v) is 12.1. The summed E-state index contributed by atoms with van der Waals surface area (Å²) < 4.78 is 11.2. The normalized spacial score (nSPS) is 19.1. The minimum absolute atomic E-state index is 0.0316. The van der Waals surface area contributed by atoms with E-state index < -0.39 is 12.1 Å². The number of rotatable bonds is 8. The predicted octanol–water partition coefficient (Wildman–Crippen LogP) is 3.64. The summed E-state index contributed by atoms with van der Waals surface area (Å²) in [5, 5.41) is 12.1. The summed E-state index contributed by atoms with van der Waals surface area (Å²) in [4.78, 5) is 38.1. The van der Waals surface area contributed by atoms with Crippen molar-refractivity contribution < 1.29 is 29.0 Å². The van der Waals surface area contributed by atoms with Gasteiger partial charge in [-0.3, -0.25) is 9.59 Å². The third kappa shape index (κ3) is 5.65. The van der Waals surface area contributed by atoms with Crippen LogP contribution in [0.5, 0.6) is 0 Å². The number of benzene rings is 2. The van der Waals surface area contributed by atoms with Gasteiger partial charge in [-0.15, -0.1) is 0 Å². The van der Waals surface area contributed by atoms with Crippen LogP contribution in [-0.2, 0) is 19.1 Å². The maximum Gasteiger partial charge on any atom is 0.407 e. The first-order valence-electron chi connectivity index (χ1n) is 12.1. The summed E-state index contributed by atoms with van der Waals surface area (Å²) in [5.41, 5.74) is 4.61. The summed E-state index contributed by atoms with van der Waals surface area (Å²) in [5.74, 6) is -1.61. The molecule has 8 nitrogen and oxygen atoms in total. The molecular formula is C27H32N2O6. The van der Waals surface area contributed by atoms with E-state index in [9.17, 15) is 14.4 Å². The SMILES string of the molecule is CC(C)N(CC(=O)O)C(=O)CC1COCCC1NC(=O)OCC1c2ccccc2-c2ccccc21. The van der Waals surface area contributed by atoms with E-state index in [-0.39, 0.29) is 49.4 Å². The van der Waals surface area contributed by atoms with Crippen molar-refractivity contribution in [1.29, 1.82) is 0 Å². The van der Waals surface area contributed by atoms with E-state index in [4.69, 9.17) is 14.6 Å². The molecule has 0 spiro atoms. The molecule has 0 radical (unpaired) electrons. The molecule has 0 saturated carbocycles. The van der Waals surface area contributed by atoms with Crippen molar-refractivity contribution in [3.63, 3.8) is 0 Å². The van der Waals surface area contributed by atoms with E-state index >= 15 is 0 Å². The highest BCUT2D eigenvalue weighted by Crippen LogP contribution is 2.44. The Labute approximate surface area is 205 Å². The maximum atomic E-state index is 12.8. The molecule has 2 aromatic rings. The second kappa shape index (κ2) is 10.9. The molecule has 2 atom stereocenters. The van der Waals surface area contributed by atoms with Gasteiger partial charge in [-0.1, -0.05) is 48.5 Å². The van der Waals surface area contributed by atoms with Crippen LogP contribution in [0.2, 0.25) is 0 Å². The van der Waals surface area contributed by atoms with Crippen LogP contribution in [0.1, 0.15) is 43.7 Å². The van der Waals surface area contributed by atoms with Crippen LogP contribution in [0.3, 0.4) is 0 Å². The first-order chi connectivity index (χ1) is 16.8. The van der Waals surface area contributed by atoms with E-state index in [1.807, 2.05) is 24.3 Å². The third-order valence-electron chi connectivity index (χ3n) is 6.81. The zero-order chi connectivity index (χ0) is 24.9. The highest BCUT2D eigenvalue weighted by molar-refractivity contribution is 5.82. The Hall–Kier alpha value is -3.39. The van der Waals surface area contributed by atoms with Gasteiger partial charge in [0.05, 0.1) is 6.61 Å². The molecule has 2 N–H and O–H groups in total. The molecule has 2 aromatic carbocycles. The second-order valence-electron chi connectivity index (χ2n) is 9.41. The van der Waals surface area contributed by atoms with Crippen LogP contribution < -0.4 is 5.32 Å². The maximum absolute atomic E-state index is 12.8. The van der Waals surface area contributed by atoms with Gasteiger partial charge in [-0.25, -0.2) is 4.79 Å². The van der Waals surface area contributed by atoms with Crippen LogP contribution in [0, 0.1) is 5.92 Å². The van der Waals surface area contributed by atoms with Crippen LogP contribution in [0.15, 0.2) is 48.5 Å². The minimum atomic E-state index is -1.06. The average molecular weight is 481 g/mol. The zero-order valence-corrected chi connectivity index (χ0v) is 20.1. The van der Waals surface area contributed by atoms with Gasteiger partial charge < -0.3 is 24.8 Å². The van der Waals surface area contributed by atoms with E-state index in [1.165, 1.54) is 4.90 Å². The Morgan fingerprint density at radius 3 is 2.31 bits per heavy atom. The number of ether oxygens (including phenoxy) is 2. The topological polar surface area (TPSA) is 105 Å². The number of amides is 2. The van der Waals surface area contributed by atoms with Crippen molar-refractivity contribution in [1.82, 2.24) is 10.2 Å². The number of nitrogens with one attached hydrogen (secondary N) is 1. The lowest BCUT2D eigenvalue weighted by Gasteiger charge is -2.34. The molecule has 2 amide bonds. The highest BCUT2D eigenvalue weighted by Gasteiger charge is 2.33. The van der Waals surface area contributed by atoms with Gasteiger partial charge in [-0.2, -0.15) is 0 Å². The fourth-order valence-corrected chi connectivity index (χ4v) is 5.03. The van der Waals surface area contributed by atoms with Gasteiger partial charge in [-0.05, 0) is 42.5 Å². The number of carboxylic acids is 1. The number of carbonyl (C=O) groups excluding carboxylic acids is 2. The smallest absolute Gasteiger partial charge is 0.407 e. The van der Waals surface area contributed by atoms with Crippen molar-refractivity contribution in [2.45, 2.75) is 44.7 Å². The lowest BCUT2D eigenvalue weighted by Crippen LogP contribution is -2.49. The summed E-state index contributed by atoms with van der Waals surface area (Å²) in [7, 11) is 0. The average Bonchev–Trinajstić information content (AvgIpc) is 3.16. The number of fused-ring (bicyclic) bond motifs is 3. The zero-order valence-electron chi connectivity index (χ0n) is 20.1. The minimum Gasteiger partial charge on any atom is -0.480 e. The van der Waals surface area contributed by atoms with Crippen molar-refractivity contribution >= 4 is 18.0 Å². The van der Waals surface area contributed by atoms with Gasteiger partial charge in [0, 0.05) is 36.9 Å². The third-order valence-corrected chi connectivity index (χ3v) is 6.81. The molecule has 1 aliphatic heterocycles. The van der Waals surface area contributed by atoms with E-state index in [0.29, 0.717) is 19.6 Å². The quantitative estimate of drug-likeness (QED) is 0.598. The van der Waals surface area contributed by atoms with Crippen LogP contribution in [-0.4, -0.2) is 66.4 Å². The van der Waals surface area contributed by atoms with Crippen LogP contribution in [0.4, 0.5) is 4.79 Å². The summed E-state index contributed by atoms with van der Waals surface area (Å²) in [6.07, 6.45) is 0.130. The number of aliphatic carboxylic acids is 1. The van der Waals surface area contributed by atoms with Crippen molar-refractivity contribution in [2.24, 2.45) is 5.92 Å². The molecular weight excluding hydrogens is 448 g/mol. The monoisotopic (exact) mass is 480 g/mol. The van der Waals surface area contributed by atoms with Gasteiger partial charge in [0.2, 0.25) is 5.91 Å². The highest BCUT2D eigenvalue weighted by atomic mass is 16.5. The van der Waals surface area contributed by atoms with Gasteiger partial charge in [0.25, 0.3) is 0 Å². The van der Waals surface area contributed by atoms with Crippen LogP contribution >= 0.6 is 0 Å². The number of hydrogen-bond donors (Lipinski definition) is 2. The molecule has 8 heteroatoms. The first kappa shape index (κ1) is 24.7. The molecule has 4 rings (SSSR count). The van der Waals surface area contributed by atoms with Crippen LogP contribution in [0.25, 0.3) is 11.1 Å². The molecule has 186 valence electrons. The predicted molar refractivity (Wildman–Crippen MR) is 130 cm³/mol. The lowest BCUT2D eigenvalue weighted by atomic mass is 9.92. The Morgan fingerprint density at radius 1 is 1.09 bits per heavy atom. The number of hydrogen-bond acceptors (Lipinski definition) is 5. The number of carbonyl (C=O) groups is 3. The fourth-order valence-electron chi connectivity index (χ4n) is 5.03. The second-order valence-corrected chi connectivity index (χ2v) is 9.41. The van der Waals surface area contributed by atoms with Crippen molar-refractivity contribution in [2.75, 3.05) is 26.4 Å².